The normalized spacial score (nSPS) is 11.9. The van der Waals surface area contributed by atoms with Crippen LogP contribution in [0.3, 0.4) is 0 Å². The van der Waals surface area contributed by atoms with E-state index in [1.807, 2.05) is 6.07 Å². The Morgan fingerprint density at radius 2 is 1.17 bits per heavy atom. The number of nitrogens with zero attached hydrogens (tertiary/aromatic N) is 1. The second kappa shape index (κ2) is 8.48. The quantitative estimate of drug-likeness (QED) is 0.245. The molecule has 3 heterocycles. The Morgan fingerprint density at radius 1 is 0.488 bits per heavy atom. The first-order valence-corrected chi connectivity index (χ1v) is 13.9. The van der Waals surface area contributed by atoms with E-state index in [9.17, 15) is 0 Å². The van der Waals surface area contributed by atoms with Crippen molar-refractivity contribution in [1.82, 2.24) is 9.55 Å². The van der Waals surface area contributed by atoms with Gasteiger partial charge in [-0.15, -0.1) is 0 Å². The molecule has 0 saturated heterocycles. The summed E-state index contributed by atoms with van der Waals surface area (Å²) in [6.45, 7) is 0. The van der Waals surface area contributed by atoms with Gasteiger partial charge in [0.25, 0.3) is 0 Å². The molecule has 41 heavy (non-hydrogen) atoms. The molecule has 9 aromatic rings. The smallest absolute Gasteiger partial charge is 0.143 e. The third kappa shape index (κ3) is 3.33. The van der Waals surface area contributed by atoms with Crippen LogP contribution in [0.4, 0.5) is 0 Å². The van der Waals surface area contributed by atoms with E-state index in [1.54, 1.807) is 6.26 Å². The summed E-state index contributed by atoms with van der Waals surface area (Å²) < 4.78 is 8.28. The molecule has 0 aliphatic rings. The van der Waals surface area contributed by atoms with Crippen LogP contribution in [0.5, 0.6) is 0 Å². The van der Waals surface area contributed by atoms with E-state index in [-0.39, 0.29) is 0 Å². The van der Waals surface area contributed by atoms with Crippen LogP contribution in [0, 0.1) is 0 Å². The number of H-pyrrole nitrogens is 1. The SMILES string of the molecule is c1ccc(-c2ccc(-n3c4ccccc4c4cc(-c5ccc6[nH]c7ccc8ccoc8c7c6c5)ccc43)cc2)cc1. The number of nitrogens with one attached hydrogen (secondary N) is 1. The highest BCUT2D eigenvalue weighted by Gasteiger charge is 2.15. The molecule has 0 aliphatic carbocycles. The highest BCUT2D eigenvalue weighted by molar-refractivity contribution is 6.19. The highest BCUT2D eigenvalue weighted by atomic mass is 16.3. The topological polar surface area (TPSA) is 33.9 Å². The number of aromatic nitrogens is 2. The van der Waals surface area contributed by atoms with Crippen molar-refractivity contribution in [3.05, 3.63) is 140 Å². The van der Waals surface area contributed by atoms with E-state index in [0.717, 1.165) is 33.1 Å². The maximum atomic E-state index is 5.90. The molecule has 0 aliphatic heterocycles. The first-order chi connectivity index (χ1) is 20.3. The molecule has 0 unspecified atom stereocenters. The van der Waals surface area contributed by atoms with Gasteiger partial charge < -0.3 is 14.0 Å². The lowest BCUT2D eigenvalue weighted by atomic mass is 10.0. The largest absolute Gasteiger partial charge is 0.464 e. The molecular weight excluding hydrogens is 500 g/mol. The Morgan fingerprint density at radius 3 is 2.05 bits per heavy atom. The molecule has 0 spiro atoms. The Hall–Kier alpha value is -5.54. The monoisotopic (exact) mass is 524 g/mol. The fourth-order valence-electron chi connectivity index (χ4n) is 6.45. The third-order valence-electron chi connectivity index (χ3n) is 8.42. The predicted octanol–water partition coefficient (Wildman–Crippen LogP) is 10.5. The third-order valence-corrected chi connectivity index (χ3v) is 8.42. The van der Waals surface area contributed by atoms with Gasteiger partial charge in [-0.25, -0.2) is 0 Å². The van der Waals surface area contributed by atoms with Crippen LogP contribution in [0.25, 0.3) is 82.5 Å². The zero-order chi connectivity index (χ0) is 26.9. The second-order valence-corrected chi connectivity index (χ2v) is 10.7. The van der Waals surface area contributed by atoms with Crippen LogP contribution in [0.2, 0.25) is 0 Å². The summed E-state index contributed by atoms with van der Waals surface area (Å²) in [4.78, 5) is 3.56. The van der Waals surface area contributed by atoms with E-state index in [2.05, 4.69) is 137 Å². The molecular formula is C38H24N2O. The van der Waals surface area contributed by atoms with Gasteiger partial charge in [0.15, 0.2) is 0 Å². The number of furan rings is 1. The number of benzene rings is 6. The summed E-state index contributed by atoms with van der Waals surface area (Å²) in [6.07, 6.45) is 1.77. The highest BCUT2D eigenvalue weighted by Crippen LogP contribution is 2.38. The van der Waals surface area contributed by atoms with Crippen molar-refractivity contribution in [3.8, 4) is 27.9 Å². The van der Waals surface area contributed by atoms with Gasteiger partial charge in [-0.05, 0) is 82.9 Å². The minimum Gasteiger partial charge on any atom is -0.464 e. The summed E-state index contributed by atoms with van der Waals surface area (Å²) in [5, 5.41) is 5.94. The average Bonchev–Trinajstić information content (AvgIpc) is 3.74. The molecule has 0 atom stereocenters. The van der Waals surface area contributed by atoms with Crippen molar-refractivity contribution >= 4 is 54.6 Å². The fourth-order valence-corrected chi connectivity index (χ4v) is 6.45. The van der Waals surface area contributed by atoms with Gasteiger partial charge in [-0.1, -0.05) is 72.8 Å². The summed E-state index contributed by atoms with van der Waals surface area (Å²) in [5.41, 5.74) is 11.5. The van der Waals surface area contributed by atoms with Crippen molar-refractivity contribution in [1.29, 1.82) is 0 Å². The van der Waals surface area contributed by atoms with E-state index in [1.165, 1.54) is 49.4 Å². The van der Waals surface area contributed by atoms with Crippen LogP contribution >= 0.6 is 0 Å². The van der Waals surface area contributed by atoms with Crippen LogP contribution in [0.15, 0.2) is 144 Å². The molecule has 9 rings (SSSR count). The molecule has 6 aromatic carbocycles. The van der Waals surface area contributed by atoms with Crippen LogP contribution in [-0.2, 0) is 0 Å². The number of fused-ring (bicyclic) bond motifs is 8. The number of hydrogen-bond acceptors (Lipinski definition) is 1. The zero-order valence-electron chi connectivity index (χ0n) is 22.1. The van der Waals surface area contributed by atoms with Crippen LogP contribution in [0.1, 0.15) is 0 Å². The van der Waals surface area contributed by atoms with E-state index >= 15 is 0 Å². The molecule has 192 valence electrons. The standard InChI is InChI=1S/C38H24N2O/c1-2-6-24(7-3-1)25-10-15-29(16-11-25)40-35-9-5-4-8-30(35)31-22-28(14-19-36(31)40)27-13-17-33-32(23-27)37-34(39-33)18-12-26-20-21-41-38(26)37/h1-23,39H. The van der Waals surface area contributed by atoms with Gasteiger partial charge in [0.05, 0.1) is 28.2 Å². The first kappa shape index (κ1) is 22.3. The maximum absolute atomic E-state index is 5.90. The Kier molecular flexibility index (Phi) is 4.61. The molecule has 0 saturated carbocycles. The van der Waals surface area contributed by atoms with Crippen LogP contribution < -0.4 is 0 Å². The van der Waals surface area contributed by atoms with Crippen molar-refractivity contribution in [2.75, 3.05) is 0 Å². The summed E-state index contributed by atoms with van der Waals surface area (Å²) >= 11 is 0. The molecule has 1 N–H and O–H groups in total. The number of rotatable bonds is 3. The molecule has 0 amide bonds. The number of hydrogen-bond donors (Lipinski definition) is 1. The minimum atomic E-state index is 0.933. The van der Waals surface area contributed by atoms with Crippen molar-refractivity contribution in [3.63, 3.8) is 0 Å². The summed E-state index contributed by atoms with van der Waals surface area (Å²) in [5.74, 6) is 0. The molecule has 3 heteroatoms. The Balaban J connectivity index is 1.22. The molecule has 0 fully saturated rings. The van der Waals surface area contributed by atoms with Gasteiger partial charge in [-0.3, -0.25) is 0 Å². The lowest BCUT2D eigenvalue weighted by Crippen LogP contribution is -1.93. The number of para-hydroxylation sites is 1. The zero-order valence-corrected chi connectivity index (χ0v) is 22.1. The van der Waals surface area contributed by atoms with Gasteiger partial charge >= 0.3 is 0 Å². The predicted molar refractivity (Wildman–Crippen MR) is 171 cm³/mol. The molecule has 0 bridgehead atoms. The molecule has 3 nitrogen and oxygen atoms in total. The van der Waals surface area contributed by atoms with Crippen molar-refractivity contribution < 1.29 is 4.42 Å². The van der Waals surface area contributed by atoms with E-state index in [0.29, 0.717) is 0 Å². The molecule has 0 radical (unpaired) electrons. The summed E-state index contributed by atoms with van der Waals surface area (Å²) in [6, 6.07) is 47.9. The number of aromatic amines is 1. The lowest BCUT2D eigenvalue weighted by molar-refractivity contribution is 0.619. The van der Waals surface area contributed by atoms with Gasteiger partial charge in [0, 0.05) is 32.7 Å². The second-order valence-electron chi connectivity index (χ2n) is 10.7. The lowest BCUT2D eigenvalue weighted by Gasteiger charge is -2.10. The average molecular weight is 525 g/mol. The van der Waals surface area contributed by atoms with E-state index < -0.39 is 0 Å². The Bertz CT molecular complexity index is 2400. The Labute approximate surface area is 235 Å². The van der Waals surface area contributed by atoms with Gasteiger partial charge in [0.2, 0.25) is 0 Å². The summed E-state index contributed by atoms with van der Waals surface area (Å²) in [7, 11) is 0. The van der Waals surface area contributed by atoms with Crippen molar-refractivity contribution in [2.24, 2.45) is 0 Å². The van der Waals surface area contributed by atoms with Crippen LogP contribution in [-0.4, -0.2) is 9.55 Å². The fraction of sp³-hybridized carbons (Fsp3) is 0. The minimum absolute atomic E-state index is 0.933. The maximum Gasteiger partial charge on any atom is 0.143 e. The van der Waals surface area contributed by atoms with Crippen molar-refractivity contribution in [2.45, 2.75) is 0 Å². The van der Waals surface area contributed by atoms with E-state index in [4.69, 9.17) is 4.42 Å². The van der Waals surface area contributed by atoms with Gasteiger partial charge in [0.1, 0.15) is 5.58 Å². The van der Waals surface area contributed by atoms with Gasteiger partial charge in [-0.2, -0.15) is 0 Å². The first-order valence-electron chi connectivity index (χ1n) is 13.9. The molecule has 3 aromatic heterocycles.